The molecule has 0 amide bonds. The van der Waals surface area contributed by atoms with E-state index < -0.39 is 106 Å². The number of allylic oxidation sites excluding steroid dienone is 2. The van der Waals surface area contributed by atoms with E-state index in [1.165, 1.54) is 0 Å². The summed E-state index contributed by atoms with van der Waals surface area (Å²) in [5.41, 5.74) is -3.40. The monoisotopic (exact) mass is 708 g/mol. The van der Waals surface area contributed by atoms with Gasteiger partial charge in [-0.3, -0.25) is 4.55 Å². The molecule has 5 aliphatic rings. The summed E-state index contributed by atoms with van der Waals surface area (Å²) in [5, 5.41) is 89.6. The Morgan fingerprint density at radius 2 is 1.52 bits per heavy atom. The summed E-state index contributed by atoms with van der Waals surface area (Å²) in [4.78, 5) is 0. The molecule has 0 bridgehead atoms. The Morgan fingerprint density at radius 3 is 2.17 bits per heavy atom. The Kier molecular flexibility index (Phi) is 10.9. The van der Waals surface area contributed by atoms with Gasteiger partial charge in [0.2, 0.25) is 0 Å². The van der Waals surface area contributed by atoms with Gasteiger partial charge in [0.1, 0.15) is 30.0 Å². The lowest BCUT2D eigenvalue weighted by atomic mass is 9.41. The van der Waals surface area contributed by atoms with E-state index in [4.69, 9.17) is 14.0 Å². The van der Waals surface area contributed by atoms with Crippen molar-refractivity contribution in [2.75, 3.05) is 13.2 Å². The lowest BCUT2D eigenvalue weighted by molar-refractivity contribution is -0.321. The Balaban J connectivity index is 1.34. The van der Waals surface area contributed by atoms with Crippen LogP contribution in [0.3, 0.4) is 0 Å². The van der Waals surface area contributed by atoms with Crippen LogP contribution in [0, 0.1) is 52.3 Å². The molecule has 278 valence electrons. The van der Waals surface area contributed by atoms with Crippen LogP contribution >= 0.6 is 0 Å². The van der Waals surface area contributed by atoms with E-state index in [-0.39, 0.29) is 37.4 Å². The van der Waals surface area contributed by atoms with Crippen molar-refractivity contribution in [3.63, 3.8) is 0 Å². The third kappa shape index (κ3) is 6.43. The first-order chi connectivity index (χ1) is 22.2. The molecule has 0 radical (unpaired) electrons. The van der Waals surface area contributed by atoms with E-state index in [2.05, 4.69) is 4.18 Å². The standard InChI is InChI=1S/C33H56O14S/c1-15(17(3)13-46-48(42,43)44)6-7-16(2)22-25(37)26(38)28-32(22,5)11-9-21-31(4)10-8-18(12-19(31)23(35)29(40)33(21,28)41)47-30-27(39)24(36)20(34)14-45-30/h6-7,15-30,34-41H,8-14H2,1-5H3,(H,42,43,44)/b7-6+/t15?,16-,17?,18+,19?,20-,21?,22+,23-,24+,25-,26-,27-,28?,29-,30+,31+,32-,33+/m1/s1. The highest BCUT2D eigenvalue weighted by molar-refractivity contribution is 7.80. The van der Waals surface area contributed by atoms with E-state index >= 15 is 0 Å². The van der Waals surface area contributed by atoms with Crippen LogP contribution in [0.1, 0.15) is 66.7 Å². The Hall–Kier alpha value is -0.790. The van der Waals surface area contributed by atoms with E-state index in [0.717, 1.165) is 0 Å². The summed E-state index contributed by atoms with van der Waals surface area (Å²) in [6.45, 7) is 9.04. The summed E-state index contributed by atoms with van der Waals surface area (Å²) in [6, 6.07) is 0. The van der Waals surface area contributed by atoms with Crippen molar-refractivity contribution in [2.24, 2.45) is 52.3 Å². The maximum absolute atomic E-state index is 12.7. The van der Waals surface area contributed by atoms with Gasteiger partial charge in [-0.2, -0.15) is 8.42 Å². The second-order valence-corrected chi connectivity index (χ2v) is 17.2. The zero-order valence-electron chi connectivity index (χ0n) is 28.3. The first kappa shape index (κ1) is 38.4. The summed E-state index contributed by atoms with van der Waals surface area (Å²) in [7, 11) is -4.57. The highest BCUT2D eigenvalue weighted by atomic mass is 32.3. The van der Waals surface area contributed by atoms with Gasteiger partial charge in [-0.25, -0.2) is 4.18 Å². The molecule has 0 aromatic heterocycles. The van der Waals surface area contributed by atoms with Crippen molar-refractivity contribution in [3.05, 3.63) is 12.2 Å². The van der Waals surface area contributed by atoms with Gasteiger partial charge in [0.05, 0.1) is 37.6 Å². The number of aliphatic hydroxyl groups excluding tert-OH is 7. The van der Waals surface area contributed by atoms with E-state index in [0.29, 0.717) is 25.7 Å². The first-order valence-electron chi connectivity index (χ1n) is 17.2. The zero-order chi connectivity index (χ0) is 35.7. The zero-order valence-corrected chi connectivity index (χ0v) is 29.1. The van der Waals surface area contributed by atoms with Gasteiger partial charge in [0, 0.05) is 5.92 Å². The lowest BCUT2D eigenvalue weighted by Gasteiger charge is -2.67. The Bertz CT molecular complexity index is 1280. The predicted molar refractivity (Wildman–Crippen MR) is 169 cm³/mol. The molecule has 1 saturated heterocycles. The molecule has 4 aliphatic carbocycles. The van der Waals surface area contributed by atoms with Crippen LogP contribution in [0.15, 0.2) is 12.2 Å². The molecule has 48 heavy (non-hydrogen) atoms. The van der Waals surface area contributed by atoms with Crippen LogP contribution in [-0.4, -0.2) is 128 Å². The average molecular weight is 709 g/mol. The molecule has 9 N–H and O–H groups in total. The molecule has 0 aromatic carbocycles. The summed E-state index contributed by atoms with van der Waals surface area (Å²) < 4.78 is 46.9. The number of hydrogen-bond acceptors (Lipinski definition) is 13. The molecule has 0 aromatic rings. The van der Waals surface area contributed by atoms with Crippen molar-refractivity contribution < 1.29 is 67.5 Å². The quantitative estimate of drug-likeness (QED) is 0.0853. The van der Waals surface area contributed by atoms with Gasteiger partial charge >= 0.3 is 10.4 Å². The van der Waals surface area contributed by atoms with Gasteiger partial charge in [0.25, 0.3) is 0 Å². The maximum Gasteiger partial charge on any atom is 0.397 e. The van der Waals surface area contributed by atoms with Gasteiger partial charge in [0.15, 0.2) is 6.29 Å². The maximum atomic E-state index is 12.7. The molecule has 5 fully saturated rings. The Labute approximate surface area is 282 Å². The molecule has 5 unspecified atom stereocenters. The number of aliphatic hydroxyl groups is 8. The van der Waals surface area contributed by atoms with Crippen LogP contribution < -0.4 is 0 Å². The molecule has 1 heterocycles. The van der Waals surface area contributed by atoms with E-state index in [1.807, 2.05) is 39.8 Å². The Morgan fingerprint density at radius 1 is 0.875 bits per heavy atom. The van der Waals surface area contributed by atoms with Crippen molar-refractivity contribution >= 4 is 10.4 Å². The third-order valence-corrected chi connectivity index (χ3v) is 13.8. The molecule has 0 spiro atoms. The number of hydrogen-bond donors (Lipinski definition) is 9. The fourth-order valence-electron chi connectivity index (χ4n) is 10.6. The molecular formula is C33H56O14S. The summed E-state index contributed by atoms with van der Waals surface area (Å²) >= 11 is 0. The minimum absolute atomic E-state index is 0.155. The topological polar surface area (TPSA) is 244 Å². The van der Waals surface area contributed by atoms with Gasteiger partial charge in [-0.15, -0.1) is 0 Å². The van der Waals surface area contributed by atoms with Crippen molar-refractivity contribution in [3.8, 4) is 0 Å². The molecular weight excluding hydrogens is 652 g/mol. The fourth-order valence-corrected chi connectivity index (χ4v) is 11.0. The van der Waals surface area contributed by atoms with Crippen molar-refractivity contribution in [1.29, 1.82) is 0 Å². The largest absolute Gasteiger partial charge is 0.397 e. The normalized spacial score (nSPS) is 51.5. The molecule has 5 rings (SSSR count). The summed E-state index contributed by atoms with van der Waals surface area (Å²) in [5.74, 6) is -3.19. The molecule has 4 saturated carbocycles. The highest BCUT2D eigenvalue weighted by Gasteiger charge is 2.75. The molecule has 19 atom stereocenters. The smallest absolute Gasteiger partial charge is 0.390 e. The second-order valence-electron chi connectivity index (χ2n) is 16.1. The third-order valence-electron chi connectivity index (χ3n) is 13.4. The van der Waals surface area contributed by atoms with Crippen LogP contribution in [0.4, 0.5) is 0 Å². The molecule has 15 heteroatoms. The van der Waals surface area contributed by atoms with Crippen LogP contribution in [-0.2, 0) is 24.1 Å². The van der Waals surface area contributed by atoms with E-state index in [1.54, 1.807) is 6.92 Å². The SMILES string of the molecule is CC(/C=C/[C@@H](C)[C@H]1[C@@H](O)[C@@H](O)C2[C@@]3(O)C(CC[C@@]21C)[C@@]1(C)CC[C@H](O[C@@H]2OC[C@@H](O)[C@H](O)[C@H]2O)CC1[C@@H](O)[C@H]3O)C(C)COS(=O)(=O)O. The summed E-state index contributed by atoms with van der Waals surface area (Å²) in [6.07, 6.45) is -5.35. The number of rotatable bonds is 9. The van der Waals surface area contributed by atoms with E-state index in [9.17, 15) is 49.3 Å². The van der Waals surface area contributed by atoms with Crippen LogP contribution in [0.5, 0.6) is 0 Å². The molecule has 1 aliphatic heterocycles. The van der Waals surface area contributed by atoms with Gasteiger partial charge in [-0.1, -0.05) is 46.8 Å². The van der Waals surface area contributed by atoms with Crippen molar-refractivity contribution in [1.82, 2.24) is 0 Å². The second kappa shape index (κ2) is 13.6. The predicted octanol–water partition coefficient (Wildman–Crippen LogP) is -0.248. The minimum Gasteiger partial charge on any atom is -0.390 e. The van der Waals surface area contributed by atoms with Crippen LogP contribution in [0.25, 0.3) is 0 Å². The number of fused-ring (bicyclic) bond motifs is 5. The molecule has 14 nitrogen and oxygen atoms in total. The number of ether oxygens (including phenoxy) is 2. The van der Waals surface area contributed by atoms with Gasteiger partial charge < -0.3 is 50.3 Å². The van der Waals surface area contributed by atoms with Crippen LogP contribution in [0.2, 0.25) is 0 Å². The van der Waals surface area contributed by atoms with Crippen molar-refractivity contribution in [2.45, 2.75) is 127 Å². The van der Waals surface area contributed by atoms with Gasteiger partial charge in [-0.05, 0) is 78.4 Å². The first-order valence-corrected chi connectivity index (χ1v) is 18.6. The fraction of sp³-hybridized carbons (Fsp3) is 0.939. The lowest BCUT2D eigenvalue weighted by Crippen LogP contribution is -2.75. The minimum atomic E-state index is -4.57. The average Bonchev–Trinajstić information content (AvgIpc) is 3.22. The highest BCUT2D eigenvalue weighted by Crippen LogP contribution is 2.69.